The van der Waals surface area contributed by atoms with Gasteiger partial charge in [0.2, 0.25) is 0 Å². The maximum atomic E-state index is 14.7. The van der Waals surface area contributed by atoms with Crippen molar-refractivity contribution in [1.29, 1.82) is 0 Å². The van der Waals surface area contributed by atoms with E-state index in [2.05, 4.69) is 15.2 Å². The van der Waals surface area contributed by atoms with Crippen molar-refractivity contribution in [3.05, 3.63) is 60.2 Å². The number of phenols is 1. The summed E-state index contributed by atoms with van der Waals surface area (Å²) in [4.78, 5) is 17.3. The van der Waals surface area contributed by atoms with E-state index in [4.69, 9.17) is 4.74 Å². The summed E-state index contributed by atoms with van der Waals surface area (Å²) < 4.78 is 33.3. The van der Waals surface area contributed by atoms with E-state index in [0.717, 1.165) is 22.6 Å². The maximum absolute atomic E-state index is 14.7. The van der Waals surface area contributed by atoms with Crippen LogP contribution in [0.5, 0.6) is 5.75 Å². The van der Waals surface area contributed by atoms with Crippen molar-refractivity contribution < 1.29 is 23.4 Å². The van der Waals surface area contributed by atoms with Crippen molar-refractivity contribution in [1.82, 2.24) is 15.2 Å². The molecule has 0 spiro atoms. The van der Waals surface area contributed by atoms with Crippen molar-refractivity contribution in [3.8, 4) is 17.0 Å². The second-order valence-electron chi connectivity index (χ2n) is 6.02. The van der Waals surface area contributed by atoms with Crippen molar-refractivity contribution in [2.45, 2.75) is 12.3 Å². The van der Waals surface area contributed by atoms with Gasteiger partial charge in [0.25, 0.3) is 0 Å². The highest BCUT2D eigenvalue weighted by Gasteiger charge is 2.38. The zero-order valence-corrected chi connectivity index (χ0v) is 13.8. The van der Waals surface area contributed by atoms with Gasteiger partial charge in [0.05, 0.1) is 12.2 Å². The highest BCUT2D eigenvalue weighted by atomic mass is 19.1. The first-order chi connectivity index (χ1) is 13.0. The molecule has 3 aromatic rings. The number of ether oxygens (including phenoxy) is 1. The first kappa shape index (κ1) is 17.0. The molecule has 1 amide bonds. The minimum atomic E-state index is -1.60. The van der Waals surface area contributed by atoms with Crippen LogP contribution in [0.4, 0.5) is 19.4 Å². The molecule has 27 heavy (non-hydrogen) atoms. The second kappa shape index (κ2) is 6.67. The van der Waals surface area contributed by atoms with E-state index in [9.17, 15) is 18.7 Å². The Bertz CT molecular complexity index is 980. The van der Waals surface area contributed by atoms with Crippen molar-refractivity contribution >= 4 is 11.9 Å². The number of hydrogen-bond acceptors (Lipinski definition) is 5. The molecule has 2 unspecified atom stereocenters. The van der Waals surface area contributed by atoms with Gasteiger partial charge in [-0.05, 0) is 29.8 Å². The molecule has 0 bridgehead atoms. The fraction of sp³-hybridized carbons (Fsp3) is 0.167. The number of halogens is 2. The number of aromatic hydroxyl groups is 1. The number of amides is 1. The van der Waals surface area contributed by atoms with Crippen LogP contribution in [0, 0.1) is 5.82 Å². The number of nitrogens with zero attached hydrogens (tertiary/aromatic N) is 3. The van der Waals surface area contributed by atoms with Crippen molar-refractivity contribution in [2.24, 2.45) is 0 Å². The second-order valence-corrected chi connectivity index (χ2v) is 6.02. The summed E-state index contributed by atoms with van der Waals surface area (Å²) in [5.74, 6) is -1.25. The lowest BCUT2D eigenvalue weighted by Gasteiger charge is -2.33. The Hall–Kier alpha value is -3.49. The first-order valence-corrected chi connectivity index (χ1v) is 8.09. The van der Waals surface area contributed by atoms with Gasteiger partial charge in [-0.2, -0.15) is 5.10 Å². The molecular weight excluding hydrogens is 358 g/mol. The topological polar surface area (TPSA) is 91.3 Å². The van der Waals surface area contributed by atoms with Crippen LogP contribution in [0.3, 0.4) is 0 Å². The molecule has 1 aliphatic heterocycles. The Kier molecular flexibility index (Phi) is 4.19. The van der Waals surface area contributed by atoms with Crippen molar-refractivity contribution in [2.75, 3.05) is 11.4 Å². The van der Waals surface area contributed by atoms with Gasteiger partial charge in [-0.25, -0.2) is 13.6 Å². The molecular formula is C18H14F2N4O3. The number of aromatic nitrogens is 3. The molecule has 0 aliphatic carbocycles. The van der Waals surface area contributed by atoms with Crippen LogP contribution in [0.2, 0.25) is 0 Å². The predicted molar refractivity (Wildman–Crippen MR) is 91.3 cm³/mol. The molecule has 2 N–H and O–H groups in total. The smallest absolute Gasteiger partial charge is 0.416 e. The predicted octanol–water partition coefficient (Wildman–Crippen LogP) is 3.35. The van der Waals surface area contributed by atoms with Crippen LogP contribution in [-0.4, -0.2) is 39.1 Å². The van der Waals surface area contributed by atoms with Crippen LogP contribution < -0.4 is 4.90 Å². The molecule has 7 nitrogen and oxygen atoms in total. The Morgan fingerprint density at radius 3 is 2.74 bits per heavy atom. The molecule has 2 atom stereocenters. The number of nitrogens with one attached hydrogen (secondary N) is 1. The van der Waals surface area contributed by atoms with Crippen molar-refractivity contribution in [3.63, 3.8) is 0 Å². The third kappa shape index (κ3) is 3.19. The molecule has 3 heterocycles. The summed E-state index contributed by atoms with van der Waals surface area (Å²) in [6.07, 6.45) is -0.432. The number of pyridine rings is 1. The molecule has 0 saturated carbocycles. The van der Waals surface area contributed by atoms with Gasteiger partial charge < -0.3 is 9.84 Å². The Labute approximate surface area is 152 Å². The fourth-order valence-corrected chi connectivity index (χ4v) is 2.88. The standard InChI is InChI=1S/C18H14F2N4O3/c19-12-7-11(1-2-15(12)25)17-13(20)9-24(18(26)27-17)16-8-14(22-23-16)10-3-5-21-6-4-10/h1-8,13,17,25H,9H2,(H,22,23). The normalized spacial score (nSPS) is 19.8. The molecule has 2 aromatic heterocycles. The molecule has 0 radical (unpaired) electrons. The maximum Gasteiger partial charge on any atom is 0.416 e. The fourth-order valence-electron chi connectivity index (χ4n) is 2.88. The lowest BCUT2D eigenvalue weighted by atomic mass is 10.0. The number of aromatic amines is 1. The SMILES string of the molecule is O=C1OC(c2ccc(O)c(F)c2)C(F)CN1c1cc(-c2ccncc2)[nH]n1. The van der Waals surface area contributed by atoms with Crippen LogP contribution >= 0.6 is 0 Å². The summed E-state index contributed by atoms with van der Waals surface area (Å²) in [6.45, 7) is -0.299. The van der Waals surface area contributed by atoms with Gasteiger partial charge >= 0.3 is 6.09 Å². The third-order valence-electron chi connectivity index (χ3n) is 4.27. The molecule has 138 valence electrons. The zero-order valence-electron chi connectivity index (χ0n) is 13.8. The summed E-state index contributed by atoms with van der Waals surface area (Å²) in [6, 6.07) is 8.48. The lowest BCUT2D eigenvalue weighted by Crippen LogP contribution is -2.46. The average molecular weight is 372 g/mol. The number of rotatable bonds is 3. The summed E-state index contributed by atoms with van der Waals surface area (Å²) in [5, 5.41) is 16.1. The average Bonchev–Trinajstić information content (AvgIpc) is 3.16. The van der Waals surface area contributed by atoms with E-state index in [1.165, 1.54) is 6.07 Å². The molecule has 1 aliphatic rings. The molecule has 1 aromatic carbocycles. The molecule has 9 heteroatoms. The van der Waals surface area contributed by atoms with Gasteiger partial charge in [0.1, 0.15) is 0 Å². The first-order valence-electron chi connectivity index (χ1n) is 8.09. The Morgan fingerprint density at radius 1 is 1.22 bits per heavy atom. The van der Waals surface area contributed by atoms with E-state index < -0.39 is 29.9 Å². The number of anilines is 1. The number of carbonyl (C=O) groups is 1. The van der Waals surface area contributed by atoms with E-state index in [0.29, 0.717) is 5.69 Å². The number of H-pyrrole nitrogens is 1. The highest BCUT2D eigenvalue weighted by Crippen LogP contribution is 2.33. The quantitative estimate of drug-likeness (QED) is 0.736. The minimum absolute atomic E-state index is 0.130. The highest BCUT2D eigenvalue weighted by molar-refractivity contribution is 5.88. The third-order valence-corrected chi connectivity index (χ3v) is 4.27. The van der Waals surface area contributed by atoms with Crippen LogP contribution in [0.1, 0.15) is 11.7 Å². The molecule has 1 saturated heterocycles. The van der Waals surface area contributed by atoms with E-state index in [1.54, 1.807) is 30.6 Å². The number of alkyl halides is 1. The summed E-state index contributed by atoms with van der Waals surface area (Å²) in [7, 11) is 0. The summed E-state index contributed by atoms with van der Waals surface area (Å²) >= 11 is 0. The van der Waals surface area contributed by atoms with Gasteiger partial charge in [-0.3, -0.25) is 15.0 Å². The Morgan fingerprint density at radius 2 is 2.00 bits per heavy atom. The van der Waals surface area contributed by atoms with Crippen LogP contribution in [0.25, 0.3) is 11.3 Å². The number of carbonyl (C=O) groups excluding carboxylic acids is 1. The monoisotopic (exact) mass is 372 g/mol. The van der Waals surface area contributed by atoms with Crippen LogP contribution in [0.15, 0.2) is 48.8 Å². The number of phenolic OH excluding ortho intramolecular Hbond substituents is 1. The molecule has 1 fully saturated rings. The summed E-state index contributed by atoms with van der Waals surface area (Å²) in [5.41, 5.74) is 1.58. The van der Waals surface area contributed by atoms with E-state index in [-0.39, 0.29) is 17.9 Å². The van der Waals surface area contributed by atoms with Crippen LogP contribution in [-0.2, 0) is 4.74 Å². The lowest BCUT2D eigenvalue weighted by molar-refractivity contribution is 0.0293. The van der Waals surface area contributed by atoms with E-state index in [1.807, 2.05) is 0 Å². The number of hydrogen-bond donors (Lipinski definition) is 2. The Balaban J connectivity index is 1.55. The van der Waals surface area contributed by atoms with Gasteiger partial charge in [-0.15, -0.1) is 0 Å². The molecule has 4 rings (SSSR count). The largest absolute Gasteiger partial charge is 0.505 e. The minimum Gasteiger partial charge on any atom is -0.505 e. The van der Waals surface area contributed by atoms with E-state index >= 15 is 0 Å². The zero-order chi connectivity index (χ0) is 19.0. The number of cyclic esters (lactones) is 1. The number of benzene rings is 1. The van der Waals surface area contributed by atoms with Gasteiger partial charge in [-0.1, -0.05) is 6.07 Å². The van der Waals surface area contributed by atoms with Gasteiger partial charge in [0, 0.05) is 24.0 Å². The van der Waals surface area contributed by atoms with Gasteiger partial charge in [0.15, 0.2) is 29.7 Å².